The van der Waals surface area contributed by atoms with Crippen molar-refractivity contribution in [2.24, 2.45) is 11.8 Å². The van der Waals surface area contributed by atoms with Crippen LogP contribution in [0.25, 0.3) is 10.9 Å². The number of hydrogen-bond donors (Lipinski definition) is 3. The highest BCUT2D eigenvalue weighted by Crippen LogP contribution is 2.41. The summed E-state index contributed by atoms with van der Waals surface area (Å²) in [4.78, 5) is 83.6. The molecule has 342 valence electrons. The number of carbonyl (C=O) groups is 6. The van der Waals surface area contributed by atoms with Gasteiger partial charge in [0, 0.05) is 67.8 Å². The van der Waals surface area contributed by atoms with E-state index in [4.69, 9.17) is 14.2 Å². The fourth-order valence-corrected chi connectivity index (χ4v) is 9.49. The highest BCUT2D eigenvalue weighted by Gasteiger charge is 2.45. The highest BCUT2D eigenvalue weighted by atomic mass is 19.1. The molecule has 3 aromatic carbocycles. The van der Waals surface area contributed by atoms with Crippen molar-refractivity contribution in [3.8, 4) is 5.75 Å². The molecule has 65 heavy (non-hydrogen) atoms. The monoisotopic (exact) mass is 890 g/mol. The molecule has 2 atom stereocenters. The van der Waals surface area contributed by atoms with Crippen LogP contribution in [0.3, 0.4) is 0 Å². The van der Waals surface area contributed by atoms with Crippen LogP contribution in [-0.2, 0) is 28.7 Å². The van der Waals surface area contributed by atoms with Crippen molar-refractivity contribution < 1.29 is 47.4 Å². The van der Waals surface area contributed by atoms with E-state index >= 15 is 0 Å². The third-order valence-corrected chi connectivity index (χ3v) is 13.2. The Balaban J connectivity index is 0.673. The van der Waals surface area contributed by atoms with Crippen LogP contribution in [0.2, 0.25) is 0 Å². The second-order valence-electron chi connectivity index (χ2n) is 17.3. The summed E-state index contributed by atoms with van der Waals surface area (Å²) in [6.45, 7) is 4.68. The Labute approximate surface area is 376 Å². The number of anilines is 2. The summed E-state index contributed by atoms with van der Waals surface area (Å²) in [7, 11) is 0. The summed E-state index contributed by atoms with van der Waals surface area (Å²) in [5.41, 5.74) is 3.50. The molecule has 16 heteroatoms. The van der Waals surface area contributed by atoms with Gasteiger partial charge in [-0.1, -0.05) is 13.0 Å². The van der Waals surface area contributed by atoms with Crippen LogP contribution < -0.4 is 20.7 Å². The SMILES string of the molecule is CC(C(=O)Nc1ccc(OC2CCN(C(=O)CCOCCOCCNc3cccc4c3C(=O)N(C3CCC(=O)NC3=O)C4=O)CC2)cc1)C1CCC(c2ccnc3ccc(F)cc23)CC1. The van der Waals surface area contributed by atoms with Crippen molar-refractivity contribution in [3.05, 3.63) is 95.4 Å². The first-order chi connectivity index (χ1) is 31.5. The molecule has 2 unspecified atom stereocenters. The summed E-state index contributed by atoms with van der Waals surface area (Å²) in [6.07, 6.45) is 7.31. The average Bonchev–Trinajstić information content (AvgIpc) is 3.57. The molecule has 1 aliphatic carbocycles. The maximum absolute atomic E-state index is 14.0. The van der Waals surface area contributed by atoms with Crippen molar-refractivity contribution in [1.29, 1.82) is 0 Å². The van der Waals surface area contributed by atoms with E-state index in [1.165, 1.54) is 6.07 Å². The molecule has 0 radical (unpaired) electrons. The summed E-state index contributed by atoms with van der Waals surface area (Å²) >= 11 is 0. The zero-order valence-electron chi connectivity index (χ0n) is 36.5. The van der Waals surface area contributed by atoms with Crippen molar-refractivity contribution in [2.45, 2.75) is 82.8 Å². The quantitative estimate of drug-likeness (QED) is 0.0807. The number of aromatic nitrogens is 1. The zero-order valence-corrected chi connectivity index (χ0v) is 36.5. The van der Waals surface area contributed by atoms with E-state index in [1.807, 2.05) is 42.2 Å². The molecule has 4 aliphatic rings. The van der Waals surface area contributed by atoms with E-state index in [0.29, 0.717) is 75.3 Å². The van der Waals surface area contributed by atoms with Gasteiger partial charge in [-0.15, -0.1) is 0 Å². The lowest BCUT2D eigenvalue weighted by Gasteiger charge is -2.32. The minimum absolute atomic E-state index is 0.00416. The Hall–Kier alpha value is -6.26. The number of rotatable bonds is 17. The van der Waals surface area contributed by atoms with Gasteiger partial charge in [0.25, 0.3) is 11.8 Å². The largest absolute Gasteiger partial charge is 0.490 e. The van der Waals surface area contributed by atoms with Gasteiger partial charge < -0.3 is 29.7 Å². The zero-order chi connectivity index (χ0) is 45.5. The van der Waals surface area contributed by atoms with Crippen molar-refractivity contribution >= 4 is 57.7 Å². The fraction of sp³-hybridized carbons (Fsp3) is 0.449. The highest BCUT2D eigenvalue weighted by molar-refractivity contribution is 6.25. The number of benzene rings is 3. The van der Waals surface area contributed by atoms with Gasteiger partial charge in [0.05, 0.1) is 49.5 Å². The standard InChI is InChI=1S/C49H55FN6O9/c1-30(31-5-7-32(8-6-31)37-17-21-51-40-14-9-33(50)29-39(37)40)46(59)53-34-10-12-35(13-11-34)65-36-18-23-55(24-19-36)44(58)20-25-63-27-28-64-26-22-52-41-4-2-3-38-45(41)49(62)56(48(38)61)42-15-16-43(57)54-47(42)60/h2-4,9-14,17,21,29-32,36,42,52H,5-8,15-16,18-20,22-28H2,1H3,(H,53,59)(H,54,57,60). The smallest absolute Gasteiger partial charge is 0.264 e. The van der Waals surface area contributed by atoms with Crippen LogP contribution in [-0.4, -0.2) is 108 Å². The molecule has 3 N–H and O–H groups in total. The number of imide groups is 2. The molecule has 15 nitrogen and oxygen atoms in total. The predicted octanol–water partition coefficient (Wildman–Crippen LogP) is 6.23. The Bertz CT molecular complexity index is 2410. The van der Waals surface area contributed by atoms with Crippen molar-refractivity contribution in [1.82, 2.24) is 20.1 Å². The topological polar surface area (TPSA) is 186 Å². The summed E-state index contributed by atoms with van der Waals surface area (Å²) in [5, 5.41) is 9.29. The molecule has 4 aromatic rings. The fourth-order valence-electron chi connectivity index (χ4n) is 9.49. The number of halogens is 1. The van der Waals surface area contributed by atoms with Gasteiger partial charge in [0.2, 0.25) is 23.6 Å². The number of fused-ring (bicyclic) bond motifs is 2. The number of nitrogens with zero attached hydrogens (tertiary/aromatic N) is 3. The number of piperidine rings is 2. The number of pyridine rings is 1. The normalized spacial score (nSPS) is 20.7. The number of likely N-dealkylation sites (tertiary alicyclic amines) is 1. The number of nitrogens with one attached hydrogen (secondary N) is 3. The molecule has 2 saturated heterocycles. The second kappa shape index (κ2) is 20.7. The predicted molar refractivity (Wildman–Crippen MR) is 239 cm³/mol. The first-order valence-electron chi connectivity index (χ1n) is 22.7. The van der Waals surface area contributed by atoms with Gasteiger partial charge in [-0.2, -0.15) is 0 Å². The molecule has 1 saturated carbocycles. The Morgan fingerprint density at radius 2 is 1.62 bits per heavy atom. The second-order valence-corrected chi connectivity index (χ2v) is 17.3. The molecular formula is C49H55FN6O9. The van der Waals surface area contributed by atoms with E-state index in [9.17, 15) is 33.2 Å². The van der Waals surface area contributed by atoms with E-state index in [2.05, 4.69) is 20.9 Å². The summed E-state index contributed by atoms with van der Waals surface area (Å²) < 4.78 is 31.6. The Kier molecular flexibility index (Phi) is 14.4. The third kappa shape index (κ3) is 10.7. The average molecular weight is 891 g/mol. The van der Waals surface area contributed by atoms with E-state index in [0.717, 1.165) is 47.0 Å². The van der Waals surface area contributed by atoms with Gasteiger partial charge >= 0.3 is 0 Å². The van der Waals surface area contributed by atoms with Crippen LogP contribution in [0.5, 0.6) is 5.75 Å². The molecular weight excluding hydrogens is 836 g/mol. The van der Waals surface area contributed by atoms with Gasteiger partial charge in [-0.3, -0.25) is 44.0 Å². The molecule has 0 spiro atoms. The lowest BCUT2D eigenvalue weighted by atomic mass is 9.73. The molecule has 3 aliphatic heterocycles. The van der Waals surface area contributed by atoms with Gasteiger partial charge in [0.1, 0.15) is 23.7 Å². The molecule has 0 bridgehead atoms. The molecule has 3 fully saturated rings. The van der Waals surface area contributed by atoms with Crippen LogP contribution >= 0.6 is 0 Å². The van der Waals surface area contributed by atoms with Crippen LogP contribution in [0, 0.1) is 17.7 Å². The molecule has 4 heterocycles. The maximum Gasteiger partial charge on any atom is 0.264 e. The van der Waals surface area contributed by atoms with Crippen molar-refractivity contribution in [3.63, 3.8) is 0 Å². The summed E-state index contributed by atoms with van der Waals surface area (Å²) in [6, 6.07) is 18.0. The van der Waals surface area contributed by atoms with Gasteiger partial charge in [-0.25, -0.2) is 4.39 Å². The summed E-state index contributed by atoms with van der Waals surface area (Å²) in [5.74, 6) is -1.32. The van der Waals surface area contributed by atoms with E-state index in [1.54, 1.807) is 36.5 Å². The van der Waals surface area contributed by atoms with Crippen molar-refractivity contribution in [2.75, 3.05) is 56.7 Å². The van der Waals surface area contributed by atoms with Gasteiger partial charge in [-0.05, 0) is 110 Å². The first kappa shape index (κ1) is 45.3. The lowest BCUT2D eigenvalue weighted by molar-refractivity contribution is -0.136. The number of ether oxygens (including phenoxy) is 3. The first-order valence-corrected chi connectivity index (χ1v) is 22.7. The minimum atomic E-state index is -1.03. The Morgan fingerprint density at radius 3 is 2.37 bits per heavy atom. The Morgan fingerprint density at radius 1 is 0.862 bits per heavy atom. The maximum atomic E-state index is 14.0. The molecule has 1 aromatic heterocycles. The number of hydrogen-bond acceptors (Lipinski definition) is 11. The van der Waals surface area contributed by atoms with E-state index in [-0.39, 0.29) is 72.6 Å². The lowest BCUT2D eigenvalue weighted by Crippen LogP contribution is -2.54. The molecule has 8 rings (SSSR count). The van der Waals surface area contributed by atoms with Gasteiger partial charge in [0.15, 0.2) is 0 Å². The number of amides is 6. The third-order valence-electron chi connectivity index (χ3n) is 13.2. The van der Waals surface area contributed by atoms with Crippen LogP contribution in [0.15, 0.2) is 72.9 Å². The van der Waals surface area contributed by atoms with Crippen LogP contribution in [0.4, 0.5) is 15.8 Å². The minimum Gasteiger partial charge on any atom is -0.490 e. The van der Waals surface area contributed by atoms with E-state index < -0.39 is 29.7 Å². The van der Waals surface area contributed by atoms with Crippen LogP contribution in [0.1, 0.15) is 96.9 Å². The molecule has 6 amide bonds. The number of carbonyl (C=O) groups excluding carboxylic acids is 6.